The minimum atomic E-state index is -0.305. The molecule has 0 amide bonds. The maximum atomic E-state index is 13.8. The van der Waals surface area contributed by atoms with Gasteiger partial charge in [-0.15, -0.1) is 0 Å². The summed E-state index contributed by atoms with van der Waals surface area (Å²) in [5, 5.41) is 0. The molecule has 0 radical (unpaired) electrons. The van der Waals surface area contributed by atoms with Crippen molar-refractivity contribution >= 4 is 11.6 Å². The molecule has 0 aliphatic heterocycles. The van der Waals surface area contributed by atoms with Crippen molar-refractivity contribution < 1.29 is 9.59 Å². The Balaban J connectivity index is 1.65. The van der Waals surface area contributed by atoms with Crippen LogP contribution in [0.3, 0.4) is 0 Å². The van der Waals surface area contributed by atoms with E-state index in [0.717, 1.165) is 41.9 Å². The monoisotopic (exact) mass is 507 g/mol. The van der Waals surface area contributed by atoms with Gasteiger partial charge in [0.05, 0.1) is 0 Å². The van der Waals surface area contributed by atoms with Crippen LogP contribution in [0.4, 0.5) is 0 Å². The Morgan fingerprint density at radius 3 is 2.30 bits per heavy atom. The lowest BCUT2D eigenvalue weighted by molar-refractivity contribution is -0.180. The summed E-state index contributed by atoms with van der Waals surface area (Å²) >= 11 is 0. The summed E-state index contributed by atoms with van der Waals surface area (Å²) in [5.41, 5.74) is 4.31. The first-order valence-corrected chi connectivity index (χ1v) is 15.4. The van der Waals surface area contributed by atoms with E-state index >= 15 is 0 Å². The molecular weight excluding hydrogens is 454 g/mol. The molecule has 5 aliphatic rings. The van der Waals surface area contributed by atoms with E-state index in [4.69, 9.17) is 0 Å². The predicted molar refractivity (Wildman–Crippen MR) is 152 cm³/mol. The van der Waals surface area contributed by atoms with E-state index in [0.29, 0.717) is 29.0 Å². The second-order valence-electron chi connectivity index (χ2n) is 15.1. The quantitative estimate of drug-likeness (QED) is 0.354. The fourth-order valence-corrected chi connectivity index (χ4v) is 11.5. The van der Waals surface area contributed by atoms with Gasteiger partial charge >= 0.3 is 0 Å². The van der Waals surface area contributed by atoms with Crippen molar-refractivity contribution in [1.82, 2.24) is 4.90 Å². The number of ketones is 2. The minimum absolute atomic E-state index is 0.0878. The zero-order valence-corrected chi connectivity index (χ0v) is 25.3. The maximum absolute atomic E-state index is 13.8. The van der Waals surface area contributed by atoms with Crippen molar-refractivity contribution in [3.05, 3.63) is 22.9 Å². The summed E-state index contributed by atoms with van der Waals surface area (Å²) < 4.78 is 0. The molecule has 0 aromatic heterocycles. The van der Waals surface area contributed by atoms with E-state index in [1.807, 2.05) is 6.08 Å². The molecule has 3 nitrogen and oxygen atoms in total. The number of hydrogen-bond acceptors (Lipinski definition) is 3. The highest BCUT2D eigenvalue weighted by molar-refractivity contribution is 6.01. The number of carbonyl (C=O) groups excluding carboxylic acids is 2. The molecule has 4 fully saturated rings. The molecule has 5 rings (SSSR count). The van der Waals surface area contributed by atoms with E-state index in [2.05, 4.69) is 60.5 Å². The molecule has 7 unspecified atom stereocenters. The van der Waals surface area contributed by atoms with Gasteiger partial charge < -0.3 is 4.90 Å². The number of rotatable bonds is 5. The molecule has 0 saturated heterocycles. The molecule has 5 aliphatic carbocycles. The van der Waals surface area contributed by atoms with E-state index in [9.17, 15) is 9.59 Å². The number of Topliss-reactive ketones (excluding diaryl/α,β-unsaturated/α-hetero) is 1. The lowest BCUT2D eigenvalue weighted by Crippen LogP contribution is -2.62. The molecule has 37 heavy (non-hydrogen) atoms. The van der Waals surface area contributed by atoms with Crippen LogP contribution in [-0.2, 0) is 9.59 Å². The SMILES string of the molecule is CCC1CCC2(C)C1CCC1(C)C2CCC2C3=C(C(C)C)C(=O)CC3(/C(=C/C(C)=O)N(C)C)CC[C@]21C. The summed E-state index contributed by atoms with van der Waals surface area (Å²) in [6, 6.07) is 0. The summed E-state index contributed by atoms with van der Waals surface area (Å²) in [6.07, 6.45) is 14.0. The van der Waals surface area contributed by atoms with Gasteiger partial charge in [-0.05, 0) is 115 Å². The molecule has 0 spiro atoms. The standard InChI is InChI=1S/C34H53NO2/c1-10-23-13-15-31(5)24(23)14-16-33(7)27(31)12-11-25-30-29(21(2)3)26(37)20-34(30,18-17-32(25,33)6)28(35(8)9)19-22(4)36/h19,21,23-25,27H,10-18,20H2,1-9H3/b28-19-/t23?,24?,25?,27?,31?,32-,33?,34?/m1/s1. The maximum Gasteiger partial charge on any atom is 0.160 e. The van der Waals surface area contributed by atoms with Crippen LogP contribution < -0.4 is 0 Å². The topological polar surface area (TPSA) is 37.4 Å². The molecule has 8 atom stereocenters. The van der Waals surface area contributed by atoms with E-state index in [1.54, 1.807) is 6.92 Å². The fourth-order valence-electron chi connectivity index (χ4n) is 11.5. The van der Waals surface area contributed by atoms with E-state index in [1.165, 1.54) is 50.5 Å². The number of hydrogen-bond donors (Lipinski definition) is 0. The van der Waals surface area contributed by atoms with Gasteiger partial charge in [-0.3, -0.25) is 9.59 Å². The van der Waals surface area contributed by atoms with Gasteiger partial charge in [-0.2, -0.15) is 0 Å². The van der Waals surface area contributed by atoms with Crippen LogP contribution in [0.25, 0.3) is 0 Å². The summed E-state index contributed by atoms with van der Waals surface area (Å²) in [4.78, 5) is 28.4. The first-order valence-electron chi connectivity index (χ1n) is 15.4. The Hall–Kier alpha value is -1.38. The molecule has 0 aromatic carbocycles. The van der Waals surface area contributed by atoms with Gasteiger partial charge in [-0.25, -0.2) is 0 Å². The number of fused-ring (bicyclic) bond motifs is 7. The van der Waals surface area contributed by atoms with Gasteiger partial charge in [0.1, 0.15) is 0 Å². The smallest absolute Gasteiger partial charge is 0.160 e. The lowest BCUT2D eigenvalue weighted by Gasteiger charge is -2.69. The van der Waals surface area contributed by atoms with Gasteiger partial charge in [0.25, 0.3) is 0 Å². The van der Waals surface area contributed by atoms with Crippen molar-refractivity contribution in [2.75, 3.05) is 14.1 Å². The highest BCUT2D eigenvalue weighted by Gasteiger charge is 2.69. The van der Waals surface area contributed by atoms with Gasteiger partial charge in [-0.1, -0.05) is 48.0 Å². The fraction of sp³-hybridized carbons (Fsp3) is 0.824. The minimum Gasteiger partial charge on any atom is -0.380 e. The molecule has 0 bridgehead atoms. The van der Waals surface area contributed by atoms with Crippen LogP contribution >= 0.6 is 0 Å². The highest BCUT2D eigenvalue weighted by atomic mass is 16.1. The molecular formula is C34H53NO2. The molecule has 3 heteroatoms. The Morgan fingerprint density at radius 2 is 1.70 bits per heavy atom. The number of nitrogens with zero attached hydrogens (tertiary/aromatic N) is 1. The van der Waals surface area contributed by atoms with Crippen LogP contribution in [0.2, 0.25) is 0 Å². The van der Waals surface area contributed by atoms with Gasteiger partial charge in [0.15, 0.2) is 11.6 Å². The second-order valence-corrected chi connectivity index (χ2v) is 15.1. The largest absolute Gasteiger partial charge is 0.380 e. The molecule has 0 heterocycles. The molecule has 4 saturated carbocycles. The first kappa shape index (κ1) is 27.2. The lowest BCUT2D eigenvalue weighted by atomic mass is 9.35. The van der Waals surface area contributed by atoms with Crippen molar-refractivity contribution in [1.29, 1.82) is 0 Å². The average Bonchev–Trinajstić information content (AvgIpc) is 3.31. The molecule has 206 valence electrons. The Labute approximate surface area is 226 Å². The van der Waals surface area contributed by atoms with Crippen molar-refractivity contribution in [2.45, 2.75) is 113 Å². The summed E-state index contributed by atoms with van der Waals surface area (Å²) in [7, 11) is 4.13. The Kier molecular flexibility index (Phi) is 6.48. The zero-order valence-electron chi connectivity index (χ0n) is 25.3. The van der Waals surface area contributed by atoms with Crippen LogP contribution in [0, 0.1) is 51.2 Å². The van der Waals surface area contributed by atoms with Crippen LogP contribution in [0.5, 0.6) is 0 Å². The molecule has 0 aromatic rings. The average molecular weight is 508 g/mol. The number of carbonyl (C=O) groups is 2. The third-order valence-corrected chi connectivity index (χ3v) is 13.2. The van der Waals surface area contributed by atoms with Crippen molar-refractivity contribution in [2.24, 2.45) is 51.2 Å². The van der Waals surface area contributed by atoms with Crippen LogP contribution in [0.15, 0.2) is 22.9 Å². The van der Waals surface area contributed by atoms with Crippen LogP contribution in [0.1, 0.15) is 113 Å². The molecule has 0 N–H and O–H groups in total. The van der Waals surface area contributed by atoms with Crippen molar-refractivity contribution in [3.63, 3.8) is 0 Å². The van der Waals surface area contributed by atoms with Crippen molar-refractivity contribution in [3.8, 4) is 0 Å². The Bertz CT molecular complexity index is 1050. The normalized spacial score (nSPS) is 45.5. The highest BCUT2D eigenvalue weighted by Crippen LogP contribution is 2.77. The third kappa shape index (κ3) is 3.50. The first-order chi connectivity index (χ1) is 17.3. The van der Waals surface area contributed by atoms with Gasteiger partial charge in [0.2, 0.25) is 0 Å². The second kappa shape index (κ2) is 8.82. The van der Waals surface area contributed by atoms with Crippen LogP contribution in [-0.4, -0.2) is 30.6 Å². The van der Waals surface area contributed by atoms with E-state index < -0.39 is 0 Å². The summed E-state index contributed by atoms with van der Waals surface area (Å²) in [6.45, 7) is 16.5. The number of allylic oxidation sites excluding steroid dienone is 3. The van der Waals surface area contributed by atoms with Gasteiger partial charge in [0, 0.05) is 37.7 Å². The predicted octanol–water partition coefficient (Wildman–Crippen LogP) is 8.00. The third-order valence-electron chi connectivity index (χ3n) is 13.2. The zero-order chi connectivity index (χ0) is 27.1. The Morgan fingerprint density at radius 1 is 1.00 bits per heavy atom. The summed E-state index contributed by atoms with van der Waals surface area (Å²) in [5.74, 6) is 3.69. The van der Waals surface area contributed by atoms with E-state index in [-0.39, 0.29) is 22.5 Å².